The van der Waals surface area contributed by atoms with Crippen molar-refractivity contribution in [3.05, 3.63) is 59.2 Å². The van der Waals surface area contributed by atoms with Gasteiger partial charge in [0.15, 0.2) is 0 Å². The first-order chi connectivity index (χ1) is 9.48. The lowest BCUT2D eigenvalue weighted by Crippen LogP contribution is -2.29. The highest BCUT2D eigenvalue weighted by Crippen LogP contribution is 2.33. The molecule has 2 aromatic rings. The first-order valence-corrected chi connectivity index (χ1v) is 8.11. The van der Waals surface area contributed by atoms with Crippen LogP contribution in [0.1, 0.15) is 16.7 Å². The van der Waals surface area contributed by atoms with Crippen LogP contribution in [0.3, 0.4) is 0 Å². The average Bonchev–Trinajstić information content (AvgIpc) is 2.82. The molecule has 1 aliphatic rings. The van der Waals surface area contributed by atoms with E-state index >= 15 is 0 Å². The van der Waals surface area contributed by atoms with E-state index in [1.54, 1.807) is 12.1 Å². The second-order valence-corrected chi connectivity index (χ2v) is 7.13. The maximum Gasteiger partial charge on any atom is 0.264 e. The SMILES string of the molecule is Cc1ccc(S(=O)(=O)N2CCc3cc(C)ccc32)cc1. The van der Waals surface area contributed by atoms with Gasteiger partial charge >= 0.3 is 0 Å². The fraction of sp³-hybridized carbons (Fsp3) is 0.250. The van der Waals surface area contributed by atoms with Crippen molar-refractivity contribution in [3.8, 4) is 0 Å². The first kappa shape index (κ1) is 13.2. The Kier molecular flexibility index (Phi) is 3.05. The second kappa shape index (κ2) is 4.63. The normalized spacial score (nSPS) is 14.4. The van der Waals surface area contributed by atoms with Gasteiger partial charge in [-0.15, -0.1) is 0 Å². The molecule has 20 heavy (non-hydrogen) atoms. The predicted molar refractivity (Wildman–Crippen MR) is 80.6 cm³/mol. The van der Waals surface area contributed by atoms with Crippen LogP contribution in [0.5, 0.6) is 0 Å². The van der Waals surface area contributed by atoms with Crippen LogP contribution in [-0.2, 0) is 16.4 Å². The molecule has 0 radical (unpaired) electrons. The summed E-state index contributed by atoms with van der Waals surface area (Å²) in [6.45, 7) is 4.50. The number of anilines is 1. The largest absolute Gasteiger partial charge is 0.266 e. The molecule has 0 unspecified atom stereocenters. The van der Waals surface area contributed by atoms with E-state index in [-0.39, 0.29) is 0 Å². The molecule has 0 atom stereocenters. The molecule has 3 nitrogen and oxygen atoms in total. The average molecular weight is 287 g/mol. The third kappa shape index (κ3) is 2.10. The molecule has 0 saturated heterocycles. The lowest BCUT2D eigenvalue weighted by Gasteiger charge is -2.19. The highest BCUT2D eigenvalue weighted by Gasteiger charge is 2.30. The highest BCUT2D eigenvalue weighted by atomic mass is 32.2. The molecule has 4 heteroatoms. The summed E-state index contributed by atoms with van der Waals surface area (Å²) in [5, 5.41) is 0. The summed E-state index contributed by atoms with van der Waals surface area (Å²) in [7, 11) is -3.45. The summed E-state index contributed by atoms with van der Waals surface area (Å²) in [4.78, 5) is 0.358. The Morgan fingerprint density at radius 1 is 0.950 bits per heavy atom. The lowest BCUT2D eigenvalue weighted by atomic mass is 10.1. The van der Waals surface area contributed by atoms with Gasteiger partial charge in [-0.3, -0.25) is 4.31 Å². The fourth-order valence-corrected chi connectivity index (χ4v) is 4.09. The number of sulfonamides is 1. The molecule has 2 aromatic carbocycles. The number of nitrogens with zero attached hydrogens (tertiary/aromatic N) is 1. The monoisotopic (exact) mass is 287 g/mol. The van der Waals surface area contributed by atoms with Gasteiger partial charge in [0.1, 0.15) is 0 Å². The smallest absolute Gasteiger partial charge is 0.264 e. The van der Waals surface area contributed by atoms with Gasteiger partial charge in [-0.25, -0.2) is 8.42 Å². The van der Waals surface area contributed by atoms with E-state index in [1.807, 2.05) is 38.1 Å². The Hall–Kier alpha value is -1.81. The van der Waals surface area contributed by atoms with E-state index in [1.165, 1.54) is 9.87 Å². The highest BCUT2D eigenvalue weighted by molar-refractivity contribution is 7.92. The van der Waals surface area contributed by atoms with Crippen LogP contribution >= 0.6 is 0 Å². The minimum absolute atomic E-state index is 0.358. The maximum atomic E-state index is 12.7. The molecule has 0 amide bonds. The van der Waals surface area contributed by atoms with Crippen LogP contribution in [0.4, 0.5) is 5.69 Å². The van der Waals surface area contributed by atoms with E-state index in [0.717, 1.165) is 23.2 Å². The molecule has 0 N–H and O–H groups in total. The zero-order valence-electron chi connectivity index (χ0n) is 11.6. The standard InChI is InChI=1S/C16H17NO2S/c1-12-3-6-15(7-4-12)20(18,19)17-10-9-14-11-13(2)5-8-16(14)17/h3-8,11H,9-10H2,1-2H3. The molecule has 0 bridgehead atoms. The predicted octanol–water partition coefficient (Wildman–Crippen LogP) is 3.05. The minimum Gasteiger partial charge on any atom is -0.266 e. The van der Waals surface area contributed by atoms with Crippen LogP contribution in [0.15, 0.2) is 47.4 Å². The van der Waals surface area contributed by atoms with Crippen LogP contribution < -0.4 is 4.31 Å². The van der Waals surface area contributed by atoms with Crippen molar-refractivity contribution in [2.75, 3.05) is 10.8 Å². The van der Waals surface area contributed by atoms with Crippen LogP contribution in [0, 0.1) is 13.8 Å². The van der Waals surface area contributed by atoms with Gasteiger partial charge in [0.05, 0.1) is 10.6 Å². The summed E-state index contributed by atoms with van der Waals surface area (Å²) in [5.41, 5.74) is 4.15. The van der Waals surface area contributed by atoms with E-state index in [4.69, 9.17) is 0 Å². The van der Waals surface area contributed by atoms with Gasteiger partial charge in [0.25, 0.3) is 10.0 Å². The van der Waals surface area contributed by atoms with Crippen molar-refractivity contribution < 1.29 is 8.42 Å². The van der Waals surface area contributed by atoms with Gasteiger partial charge in [0.2, 0.25) is 0 Å². The van der Waals surface area contributed by atoms with Crippen LogP contribution in [-0.4, -0.2) is 15.0 Å². The molecular weight excluding hydrogens is 270 g/mol. The zero-order chi connectivity index (χ0) is 14.3. The van der Waals surface area contributed by atoms with Crippen molar-refractivity contribution in [1.29, 1.82) is 0 Å². The quantitative estimate of drug-likeness (QED) is 0.851. The minimum atomic E-state index is -3.45. The fourth-order valence-electron chi connectivity index (χ4n) is 2.59. The number of fused-ring (bicyclic) bond motifs is 1. The summed E-state index contributed by atoms with van der Waals surface area (Å²) >= 11 is 0. The summed E-state index contributed by atoms with van der Waals surface area (Å²) in [6, 6.07) is 13.0. The van der Waals surface area contributed by atoms with Gasteiger partial charge in [-0.2, -0.15) is 0 Å². The van der Waals surface area contributed by atoms with Crippen molar-refractivity contribution in [3.63, 3.8) is 0 Å². The third-order valence-corrected chi connectivity index (χ3v) is 5.52. The van der Waals surface area contributed by atoms with Crippen molar-refractivity contribution in [2.24, 2.45) is 0 Å². The molecule has 0 aromatic heterocycles. The lowest BCUT2D eigenvalue weighted by molar-refractivity contribution is 0.592. The third-order valence-electron chi connectivity index (χ3n) is 3.70. The number of hydrogen-bond donors (Lipinski definition) is 0. The van der Waals surface area contributed by atoms with Crippen molar-refractivity contribution in [2.45, 2.75) is 25.2 Å². The van der Waals surface area contributed by atoms with E-state index in [0.29, 0.717) is 11.4 Å². The molecule has 1 heterocycles. The molecule has 0 aliphatic carbocycles. The van der Waals surface area contributed by atoms with Gasteiger partial charge in [-0.05, 0) is 44.0 Å². The van der Waals surface area contributed by atoms with Crippen molar-refractivity contribution >= 4 is 15.7 Å². The van der Waals surface area contributed by atoms with E-state index < -0.39 is 10.0 Å². The van der Waals surface area contributed by atoms with Gasteiger partial charge < -0.3 is 0 Å². The number of hydrogen-bond acceptors (Lipinski definition) is 2. The first-order valence-electron chi connectivity index (χ1n) is 6.67. The second-order valence-electron chi connectivity index (χ2n) is 5.27. The number of rotatable bonds is 2. The Morgan fingerprint density at radius 2 is 1.60 bits per heavy atom. The molecule has 3 rings (SSSR count). The molecular formula is C16H17NO2S. The Balaban J connectivity index is 2.05. The Morgan fingerprint density at radius 3 is 2.30 bits per heavy atom. The van der Waals surface area contributed by atoms with Gasteiger partial charge in [0, 0.05) is 6.54 Å². The molecule has 0 saturated carbocycles. The summed E-state index contributed by atoms with van der Waals surface area (Å²) in [6.07, 6.45) is 0.780. The van der Waals surface area contributed by atoms with E-state index in [2.05, 4.69) is 6.07 Å². The van der Waals surface area contributed by atoms with Crippen LogP contribution in [0.25, 0.3) is 0 Å². The zero-order valence-corrected chi connectivity index (χ0v) is 12.4. The Bertz CT molecular complexity index is 749. The van der Waals surface area contributed by atoms with E-state index in [9.17, 15) is 8.42 Å². The van der Waals surface area contributed by atoms with Crippen LogP contribution in [0.2, 0.25) is 0 Å². The number of benzene rings is 2. The molecule has 0 fully saturated rings. The number of aryl methyl sites for hydroxylation is 2. The molecule has 0 spiro atoms. The maximum absolute atomic E-state index is 12.7. The Labute approximate surface area is 119 Å². The van der Waals surface area contributed by atoms with Crippen molar-refractivity contribution in [1.82, 2.24) is 0 Å². The molecule has 1 aliphatic heterocycles. The summed E-state index contributed by atoms with van der Waals surface area (Å²) < 4.78 is 27.0. The topological polar surface area (TPSA) is 37.4 Å². The summed E-state index contributed by atoms with van der Waals surface area (Å²) in [5.74, 6) is 0. The van der Waals surface area contributed by atoms with Gasteiger partial charge in [-0.1, -0.05) is 35.4 Å². The molecule has 104 valence electrons.